The first-order valence-corrected chi connectivity index (χ1v) is 13.3. The fourth-order valence-corrected chi connectivity index (χ4v) is 6.95. The zero-order valence-electron chi connectivity index (χ0n) is 19.5. The molecule has 2 aromatic carbocycles. The van der Waals surface area contributed by atoms with Gasteiger partial charge in [-0.15, -0.1) is 0 Å². The molecular weight excluding hydrogens is 456 g/mol. The van der Waals surface area contributed by atoms with Crippen LogP contribution in [0.1, 0.15) is 62.2 Å². The normalized spacial score (nSPS) is 21.5. The number of hydrogen-bond donors (Lipinski definition) is 1. The van der Waals surface area contributed by atoms with Gasteiger partial charge in [0.25, 0.3) is 11.7 Å². The van der Waals surface area contributed by atoms with Gasteiger partial charge in [0, 0.05) is 42.7 Å². The van der Waals surface area contributed by atoms with Gasteiger partial charge in [-0.25, -0.2) is 8.42 Å². The van der Waals surface area contributed by atoms with Gasteiger partial charge in [0.1, 0.15) is 10.6 Å². The number of amides is 1. The van der Waals surface area contributed by atoms with Gasteiger partial charge in [0.15, 0.2) is 11.5 Å². The van der Waals surface area contributed by atoms with E-state index in [1.165, 1.54) is 23.5 Å². The smallest absolute Gasteiger partial charge is 0.255 e. The van der Waals surface area contributed by atoms with Crippen LogP contribution in [0.5, 0.6) is 17.2 Å². The molecule has 1 aliphatic carbocycles. The van der Waals surface area contributed by atoms with Gasteiger partial charge in [-0.3, -0.25) is 4.79 Å². The van der Waals surface area contributed by atoms with Gasteiger partial charge in [-0.2, -0.15) is 4.31 Å². The minimum Gasteiger partial charge on any atom is -0.495 e. The first-order chi connectivity index (χ1) is 16.3. The third-order valence-corrected chi connectivity index (χ3v) is 8.95. The molecule has 8 nitrogen and oxygen atoms in total. The van der Waals surface area contributed by atoms with Crippen LogP contribution in [0, 0.1) is 0 Å². The Kier molecular flexibility index (Phi) is 5.93. The Morgan fingerprint density at radius 2 is 1.82 bits per heavy atom. The number of benzene rings is 2. The highest BCUT2D eigenvalue weighted by Gasteiger charge is 2.44. The molecule has 1 saturated heterocycles. The SMILES string of the molecule is COc1ccc(C(=O)Nc2ccc3c(c2)OC2(CCCC2)O3)cc1S(=O)(=O)N1CCCCC1C. The van der Waals surface area contributed by atoms with Crippen LogP contribution < -0.4 is 19.5 Å². The first kappa shape index (κ1) is 23.0. The molecule has 1 unspecified atom stereocenters. The fraction of sp³-hybridized carbons (Fsp3) is 0.480. The Morgan fingerprint density at radius 1 is 1.06 bits per heavy atom. The van der Waals surface area contributed by atoms with E-state index in [0.29, 0.717) is 23.7 Å². The van der Waals surface area contributed by atoms with E-state index in [9.17, 15) is 13.2 Å². The number of carbonyl (C=O) groups excluding carboxylic acids is 1. The highest BCUT2D eigenvalue weighted by Crippen LogP contribution is 2.47. The molecule has 9 heteroatoms. The second kappa shape index (κ2) is 8.78. The second-order valence-electron chi connectivity index (χ2n) is 9.26. The summed E-state index contributed by atoms with van der Waals surface area (Å²) in [7, 11) is -2.38. The summed E-state index contributed by atoms with van der Waals surface area (Å²) in [5.74, 6) is 0.514. The largest absolute Gasteiger partial charge is 0.495 e. The molecule has 2 aliphatic heterocycles. The molecule has 2 fully saturated rings. The fourth-order valence-electron chi connectivity index (χ4n) is 5.07. The van der Waals surface area contributed by atoms with Crippen molar-refractivity contribution in [1.29, 1.82) is 0 Å². The molecule has 0 bridgehead atoms. The Balaban J connectivity index is 1.38. The second-order valence-corrected chi connectivity index (χ2v) is 11.1. The predicted molar refractivity (Wildman–Crippen MR) is 127 cm³/mol. The monoisotopic (exact) mass is 486 g/mol. The van der Waals surface area contributed by atoms with Crippen LogP contribution in [0.3, 0.4) is 0 Å². The van der Waals surface area contributed by atoms with Crippen LogP contribution in [-0.4, -0.2) is 44.1 Å². The van der Waals surface area contributed by atoms with Gasteiger partial charge >= 0.3 is 0 Å². The van der Waals surface area contributed by atoms with Crippen molar-refractivity contribution in [2.45, 2.75) is 68.6 Å². The number of ether oxygens (including phenoxy) is 3. The number of sulfonamides is 1. The number of carbonyl (C=O) groups is 1. The van der Waals surface area contributed by atoms with Crippen molar-refractivity contribution in [3.05, 3.63) is 42.0 Å². The minimum absolute atomic E-state index is 0.00487. The van der Waals surface area contributed by atoms with E-state index in [4.69, 9.17) is 14.2 Å². The average molecular weight is 487 g/mol. The predicted octanol–water partition coefficient (Wildman–Crippen LogP) is 4.55. The van der Waals surface area contributed by atoms with E-state index in [1.54, 1.807) is 24.3 Å². The summed E-state index contributed by atoms with van der Waals surface area (Å²) >= 11 is 0. The van der Waals surface area contributed by atoms with E-state index in [0.717, 1.165) is 44.9 Å². The van der Waals surface area contributed by atoms with Crippen LogP contribution in [0.25, 0.3) is 0 Å². The van der Waals surface area contributed by atoms with E-state index >= 15 is 0 Å². The molecule has 5 rings (SSSR count). The highest BCUT2D eigenvalue weighted by molar-refractivity contribution is 7.89. The molecule has 1 saturated carbocycles. The number of anilines is 1. The first-order valence-electron chi connectivity index (χ1n) is 11.8. The van der Waals surface area contributed by atoms with Crippen LogP contribution >= 0.6 is 0 Å². The zero-order chi connectivity index (χ0) is 23.9. The van der Waals surface area contributed by atoms with Gasteiger partial charge in [0.05, 0.1) is 7.11 Å². The quantitative estimate of drug-likeness (QED) is 0.666. The number of nitrogens with one attached hydrogen (secondary N) is 1. The number of piperidine rings is 1. The third-order valence-electron chi connectivity index (χ3n) is 6.91. The number of hydrogen-bond acceptors (Lipinski definition) is 6. The number of rotatable bonds is 5. The standard InChI is InChI=1S/C25H30N2O6S/c1-17-7-3-6-14-27(17)34(29,30)23-15-18(8-10-21(23)31-2)24(28)26-19-9-11-20-22(16-19)33-25(32-20)12-4-5-13-25/h8-11,15-17H,3-7,12-14H2,1-2H3,(H,26,28). The zero-order valence-corrected chi connectivity index (χ0v) is 20.3. The van der Waals surface area contributed by atoms with Crippen molar-refractivity contribution in [2.75, 3.05) is 19.0 Å². The van der Waals surface area contributed by atoms with E-state index in [2.05, 4.69) is 5.32 Å². The van der Waals surface area contributed by atoms with Gasteiger partial charge < -0.3 is 19.5 Å². The maximum Gasteiger partial charge on any atom is 0.255 e. The number of fused-ring (bicyclic) bond motifs is 1. The van der Waals surface area contributed by atoms with Gasteiger partial charge in [-0.05, 0) is 62.9 Å². The highest BCUT2D eigenvalue weighted by atomic mass is 32.2. The maximum absolute atomic E-state index is 13.4. The van der Waals surface area contributed by atoms with E-state index < -0.39 is 21.7 Å². The molecule has 2 aromatic rings. The lowest BCUT2D eigenvalue weighted by Crippen LogP contribution is -2.42. The molecule has 1 spiro atoms. The summed E-state index contributed by atoms with van der Waals surface area (Å²) in [6, 6.07) is 9.68. The molecule has 0 radical (unpaired) electrons. The van der Waals surface area contributed by atoms with Crippen molar-refractivity contribution in [3.63, 3.8) is 0 Å². The molecular formula is C25H30N2O6S. The van der Waals surface area contributed by atoms with Crippen LogP contribution in [-0.2, 0) is 10.0 Å². The molecule has 1 N–H and O–H groups in total. The van der Waals surface area contributed by atoms with Crippen molar-refractivity contribution >= 4 is 21.6 Å². The summed E-state index contributed by atoms with van der Waals surface area (Å²) in [5, 5.41) is 2.85. The van der Waals surface area contributed by atoms with Crippen LogP contribution in [0.4, 0.5) is 5.69 Å². The van der Waals surface area contributed by atoms with Crippen molar-refractivity contribution < 1.29 is 27.4 Å². The lowest BCUT2D eigenvalue weighted by molar-refractivity contribution is -0.0716. The molecule has 2 heterocycles. The van der Waals surface area contributed by atoms with Crippen LogP contribution in [0.2, 0.25) is 0 Å². The van der Waals surface area contributed by atoms with E-state index in [-0.39, 0.29) is 22.3 Å². The van der Waals surface area contributed by atoms with Gasteiger partial charge in [-0.1, -0.05) is 6.42 Å². The van der Waals surface area contributed by atoms with Crippen molar-refractivity contribution in [2.24, 2.45) is 0 Å². The molecule has 3 aliphatic rings. The van der Waals surface area contributed by atoms with Crippen molar-refractivity contribution in [1.82, 2.24) is 4.31 Å². The topological polar surface area (TPSA) is 94.2 Å². The number of nitrogens with zero attached hydrogens (tertiary/aromatic N) is 1. The average Bonchev–Trinajstić information content (AvgIpc) is 3.43. The Morgan fingerprint density at radius 3 is 2.56 bits per heavy atom. The minimum atomic E-state index is -3.81. The third kappa shape index (κ3) is 4.11. The molecule has 1 amide bonds. The summed E-state index contributed by atoms with van der Waals surface area (Å²) < 4.78 is 45.8. The summed E-state index contributed by atoms with van der Waals surface area (Å²) in [4.78, 5) is 13.1. The van der Waals surface area contributed by atoms with E-state index in [1.807, 2.05) is 6.92 Å². The lowest BCUT2D eigenvalue weighted by atomic mass is 10.1. The Hall–Kier alpha value is -2.78. The summed E-state index contributed by atoms with van der Waals surface area (Å²) in [6.07, 6.45) is 6.46. The Bertz CT molecular complexity index is 1210. The summed E-state index contributed by atoms with van der Waals surface area (Å²) in [5.41, 5.74) is 0.779. The van der Waals surface area contributed by atoms with Gasteiger partial charge in [0.2, 0.25) is 10.0 Å². The molecule has 1 atom stereocenters. The molecule has 182 valence electrons. The van der Waals surface area contributed by atoms with Crippen LogP contribution in [0.15, 0.2) is 41.3 Å². The maximum atomic E-state index is 13.4. The van der Waals surface area contributed by atoms with Crippen molar-refractivity contribution in [3.8, 4) is 17.2 Å². The lowest BCUT2D eigenvalue weighted by Gasteiger charge is -2.32. The summed E-state index contributed by atoms with van der Waals surface area (Å²) in [6.45, 7) is 2.37. The molecule has 0 aromatic heterocycles. The number of methoxy groups -OCH3 is 1. The molecule has 34 heavy (non-hydrogen) atoms. The Labute approximate surface area is 200 Å².